The van der Waals surface area contributed by atoms with Gasteiger partial charge in [0.15, 0.2) is 0 Å². The molecule has 2 rings (SSSR count). The average molecular weight is 244 g/mol. The van der Waals surface area contributed by atoms with Gasteiger partial charge in [0.05, 0.1) is 0 Å². The van der Waals surface area contributed by atoms with Crippen LogP contribution in [0.15, 0.2) is 42.0 Å². The van der Waals surface area contributed by atoms with E-state index in [2.05, 4.69) is 6.08 Å². The molecule has 0 spiro atoms. The molecule has 0 amide bonds. The van der Waals surface area contributed by atoms with Gasteiger partial charge in [0.1, 0.15) is 12.1 Å². The first-order chi connectivity index (χ1) is 8.44. The Morgan fingerprint density at radius 1 is 1.22 bits per heavy atom. The number of carbonyl (C=O) groups is 1. The summed E-state index contributed by atoms with van der Waals surface area (Å²) in [5.41, 5.74) is 2.81. The summed E-state index contributed by atoms with van der Waals surface area (Å²) in [5, 5.41) is 0. The normalized spacial score (nSPS) is 22.1. The van der Waals surface area contributed by atoms with Gasteiger partial charge in [-0.1, -0.05) is 43.7 Å². The van der Waals surface area contributed by atoms with E-state index >= 15 is 0 Å². The van der Waals surface area contributed by atoms with E-state index in [-0.39, 0.29) is 17.2 Å². The highest BCUT2D eigenvalue weighted by Crippen LogP contribution is 2.42. The second-order valence-corrected chi connectivity index (χ2v) is 5.43. The standard InChI is InChI=1S/C16H17FO/c1-11-8-14(12-4-6-13(17)7-5-12)15(10-18)16(2,3)9-11/h4-10,15H,1-3H3. The lowest BCUT2D eigenvalue weighted by molar-refractivity contribution is -0.111. The molecule has 1 aliphatic carbocycles. The number of carbonyl (C=O) groups excluding carboxylic acids is 1. The van der Waals surface area contributed by atoms with Crippen molar-refractivity contribution >= 4 is 11.9 Å². The maximum Gasteiger partial charge on any atom is 0.128 e. The van der Waals surface area contributed by atoms with Crippen LogP contribution in [0.2, 0.25) is 0 Å². The topological polar surface area (TPSA) is 17.1 Å². The summed E-state index contributed by atoms with van der Waals surface area (Å²) in [6.45, 7) is 6.12. The highest BCUT2D eigenvalue weighted by molar-refractivity contribution is 5.84. The van der Waals surface area contributed by atoms with Crippen LogP contribution in [-0.2, 0) is 4.79 Å². The number of halogens is 1. The lowest BCUT2D eigenvalue weighted by Gasteiger charge is -2.33. The summed E-state index contributed by atoms with van der Waals surface area (Å²) < 4.78 is 13.0. The molecular formula is C16H17FO. The third kappa shape index (κ3) is 2.28. The van der Waals surface area contributed by atoms with E-state index in [0.717, 1.165) is 23.0 Å². The first-order valence-corrected chi connectivity index (χ1v) is 6.06. The predicted octanol–water partition coefficient (Wildman–Crippen LogP) is 4.01. The molecule has 0 aromatic heterocycles. The van der Waals surface area contributed by atoms with Crippen molar-refractivity contribution in [3.8, 4) is 0 Å². The van der Waals surface area contributed by atoms with Gasteiger partial charge in [-0.25, -0.2) is 4.39 Å². The molecule has 1 nitrogen and oxygen atoms in total. The van der Waals surface area contributed by atoms with Crippen LogP contribution >= 0.6 is 0 Å². The summed E-state index contributed by atoms with van der Waals surface area (Å²) in [5.74, 6) is -0.448. The molecule has 0 fully saturated rings. The van der Waals surface area contributed by atoms with Crippen LogP contribution in [-0.4, -0.2) is 6.29 Å². The minimum Gasteiger partial charge on any atom is -0.303 e. The Hall–Kier alpha value is -1.70. The first kappa shape index (κ1) is 12.7. The molecule has 18 heavy (non-hydrogen) atoms. The number of aldehydes is 1. The fourth-order valence-corrected chi connectivity index (χ4v) is 2.61. The lowest BCUT2D eigenvalue weighted by Crippen LogP contribution is -2.27. The van der Waals surface area contributed by atoms with Crippen molar-refractivity contribution in [1.82, 2.24) is 0 Å². The van der Waals surface area contributed by atoms with Gasteiger partial charge in [-0.2, -0.15) is 0 Å². The Balaban J connectivity index is 2.50. The van der Waals surface area contributed by atoms with Crippen molar-refractivity contribution in [2.75, 3.05) is 0 Å². The molecule has 0 aliphatic heterocycles. The van der Waals surface area contributed by atoms with E-state index in [1.807, 2.05) is 26.8 Å². The maximum atomic E-state index is 13.0. The van der Waals surface area contributed by atoms with Crippen molar-refractivity contribution in [1.29, 1.82) is 0 Å². The van der Waals surface area contributed by atoms with Crippen LogP contribution in [0.25, 0.3) is 5.57 Å². The van der Waals surface area contributed by atoms with Gasteiger partial charge in [-0.15, -0.1) is 0 Å². The second kappa shape index (κ2) is 4.52. The van der Waals surface area contributed by atoms with Crippen LogP contribution in [0.1, 0.15) is 26.3 Å². The van der Waals surface area contributed by atoms with E-state index in [1.165, 1.54) is 12.1 Å². The minimum absolute atomic E-state index is 0.188. The van der Waals surface area contributed by atoms with Gasteiger partial charge >= 0.3 is 0 Å². The van der Waals surface area contributed by atoms with Crippen LogP contribution < -0.4 is 0 Å². The molecule has 0 heterocycles. The third-order valence-corrected chi connectivity index (χ3v) is 3.43. The van der Waals surface area contributed by atoms with Gasteiger partial charge in [-0.3, -0.25) is 0 Å². The highest BCUT2D eigenvalue weighted by Gasteiger charge is 2.33. The molecule has 0 bridgehead atoms. The zero-order valence-corrected chi connectivity index (χ0v) is 10.9. The first-order valence-electron chi connectivity index (χ1n) is 6.06. The molecule has 0 radical (unpaired) electrons. The van der Waals surface area contributed by atoms with E-state index in [0.29, 0.717) is 0 Å². The lowest BCUT2D eigenvalue weighted by atomic mass is 9.69. The monoisotopic (exact) mass is 244 g/mol. The summed E-state index contributed by atoms with van der Waals surface area (Å²) in [7, 11) is 0. The minimum atomic E-state index is -0.260. The fraction of sp³-hybridized carbons (Fsp3) is 0.312. The number of hydrogen-bond acceptors (Lipinski definition) is 1. The molecule has 1 aromatic rings. The zero-order chi connectivity index (χ0) is 13.3. The van der Waals surface area contributed by atoms with Gasteiger partial charge in [0.25, 0.3) is 0 Å². The molecule has 2 heteroatoms. The average Bonchev–Trinajstić information content (AvgIpc) is 2.27. The second-order valence-electron chi connectivity index (χ2n) is 5.43. The van der Waals surface area contributed by atoms with Gasteiger partial charge < -0.3 is 4.79 Å². The van der Waals surface area contributed by atoms with E-state index in [4.69, 9.17) is 0 Å². The Morgan fingerprint density at radius 3 is 2.39 bits per heavy atom. The van der Waals surface area contributed by atoms with Crippen LogP contribution in [0, 0.1) is 17.2 Å². The number of allylic oxidation sites excluding steroid dienone is 4. The SMILES string of the molecule is CC1=CC(C)(C)C(C=O)C(c2ccc(F)cc2)=C1. The Labute approximate surface area is 107 Å². The summed E-state index contributed by atoms with van der Waals surface area (Å²) in [6, 6.07) is 6.32. The molecule has 1 atom stereocenters. The van der Waals surface area contributed by atoms with Crippen LogP contribution in [0.3, 0.4) is 0 Å². The van der Waals surface area contributed by atoms with Crippen molar-refractivity contribution in [3.63, 3.8) is 0 Å². The molecule has 94 valence electrons. The summed E-state index contributed by atoms with van der Waals surface area (Å²) in [6.07, 6.45) is 5.11. The highest BCUT2D eigenvalue weighted by atomic mass is 19.1. The molecule has 1 aromatic carbocycles. The number of hydrogen-bond donors (Lipinski definition) is 0. The Bertz CT molecular complexity index is 521. The zero-order valence-electron chi connectivity index (χ0n) is 10.9. The van der Waals surface area contributed by atoms with Gasteiger partial charge in [0.2, 0.25) is 0 Å². The third-order valence-electron chi connectivity index (χ3n) is 3.43. The van der Waals surface area contributed by atoms with E-state index in [9.17, 15) is 9.18 Å². The van der Waals surface area contributed by atoms with E-state index in [1.54, 1.807) is 12.1 Å². The van der Waals surface area contributed by atoms with E-state index < -0.39 is 0 Å². The van der Waals surface area contributed by atoms with Gasteiger partial charge in [0, 0.05) is 5.92 Å². The Morgan fingerprint density at radius 2 is 1.83 bits per heavy atom. The molecule has 1 unspecified atom stereocenters. The molecule has 0 saturated heterocycles. The molecule has 0 N–H and O–H groups in total. The van der Waals surface area contributed by atoms with Crippen molar-refractivity contribution in [3.05, 3.63) is 53.4 Å². The van der Waals surface area contributed by atoms with Gasteiger partial charge in [-0.05, 0) is 35.6 Å². The molecular weight excluding hydrogens is 227 g/mol. The summed E-state index contributed by atoms with van der Waals surface area (Å²) >= 11 is 0. The smallest absolute Gasteiger partial charge is 0.128 e. The molecule has 0 saturated carbocycles. The summed E-state index contributed by atoms with van der Waals surface area (Å²) in [4.78, 5) is 11.4. The van der Waals surface area contributed by atoms with Crippen LogP contribution in [0.4, 0.5) is 4.39 Å². The quantitative estimate of drug-likeness (QED) is 0.718. The number of rotatable bonds is 2. The fourth-order valence-electron chi connectivity index (χ4n) is 2.61. The van der Waals surface area contributed by atoms with Crippen molar-refractivity contribution in [2.24, 2.45) is 11.3 Å². The maximum absolute atomic E-state index is 13.0. The Kier molecular flexibility index (Phi) is 3.20. The molecule has 1 aliphatic rings. The largest absolute Gasteiger partial charge is 0.303 e. The number of benzene rings is 1. The van der Waals surface area contributed by atoms with Crippen molar-refractivity contribution in [2.45, 2.75) is 20.8 Å². The van der Waals surface area contributed by atoms with Crippen LogP contribution in [0.5, 0.6) is 0 Å². The predicted molar refractivity (Wildman–Crippen MR) is 71.5 cm³/mol. The van der Waals surface area contributed by atoms with Crippen molar-refractivity contribution < 1.29 is 9.18 Å².